The lowest BCUT2D eigenvalue weighted by Crippen LogP contribution is -2.55. The highest BCUT2D eigenvalue weighted by molar-refractivity contribution is 5.82. The summed E-state index contributed by atoms with van der Waals surface area (Å²) in [5.41, 5.74) is 6.02. The minimum atomic E-state index is -0.399. The van der Waals surface area contributed by atoms with Crippen LogP contribution in [0.5, 0.6) is 0 Å². The van der Waals surface area contributed by atoms with Gasteiger partial charge in [-0.25, -0.2) is 0 Å². The summed E-state index contributed by atoms with van der Waals surface area (Å²) in [6, 6.07) is -0.399. The van der Waals surface area contributed by atoms with E-state index in [0.29, 0.717) is 37.4 Å². The molecule has 2 N–H and O–H groups in total. The molecule has 2 aliphatic heterocycles. The first-order chi connectivity index (χ1) is 11.8. The van der Waals surface area contributed by atoms with Gasteiger partial charge in [0.25, 0.3) is 0 Å². The zero-order valence-corrected chi connectivity index (χ0v) is 16.4. The lowest BCUT2D eigenvalue weighted by Gasteiger charge is -2.39. The van der Waals surface area contributed by atoms with Gasteiger partial charge in [0, 0.05) is 39.3 Å². The van der Waals surface area contributed by atoms with Gasteiger partial charge in [-0.05, 0) is 30.6 Å². The zero-order chi connectivity index (χ0) is 18.6. The molecular formula is C19H36N4O2. The number of hydrogen-bond acceptors (Lipinski definition) is 4. The highest BCUT2D eigenvalue weighted by Crippen LogP contribution is 2.21. The van der Waals surface area contributed by atoms with Crippen molar-refractivity contribution in [2.24, 2.45) is 23.5 Å². The van der Waals surface area contributed by atoms with E-state index in [1.807, 2.05) is 9.80 Å². The maximum atomic E-state index is 12.6. The van der Waals surface area contributed by atoms with E-state index in [2.05, 4.69) is 32.6 Å². The zero-order valence-electron chi connectivity index (χ0n) is 16.4. The Kier molecular flexibility index (Phi) is 7.25. The molecule has 0 aliphatic carbocycles. The summed E-state index contributed by atoms with van der Waals surface area (Å²) >= 11 is 0. The van der Waals surface area contributed by atoms with Gasteiger partial charge < -0.3 is 15.5 Å². The third-order valence-electron chi connectivity index (χ3n) is 5.31. The number of carbonyl (C=O) groups excluding carboxylic acids is 2. The number of nitrogens with two attached hydrogens (primary N) is 1. The topological polar surface area (TPSA) is 69.9 Å². The van der Waals surface area contributed by atoms with Crippen LogP contribution in [0, 0.1) is 17.8 Å². The van der Waals surface area contributed by atoms with Gasteiger partial charge in [0.05, 0.1) is 12.6 Å². The van der Waals surface area contributed by atoms with Crippen LogP contribution in [0.2, 0.25) is 0 Å². The fraction of sp³-hybridized carbons (Fsp3) is 0.895. The van der Waals surface area contributed by atoms with Crippen LogP contribution in [0.4, 0.5) is 0 Å². The average Bonchev–Trinajstić information content (AvgIpc) is 2.53. The largest absolute Gasteiger partial charge is 0.341 e. The van der Waals surface area contributed by atoms with Crippen molar-refractivity contribution in [1.82, 2.24) is 14.7 Å². The van der Waals surface area contributed by atoms with Crippen molar-refractivity contribution in [2.75, 3.05) is 45.8 Å². The maximum Gasteiger partial charge on any atom is 0.239 e. The fourth-order valence-corrected chi connectivity index (χ4v) is 4.13. The molecule has 0 aromatic carbocycles. The van der Waals surface area contributed by atoms with Crippen molar-refractivity contribution in [3.63, 3.8) is 0 Å². The molecule has 25 heavy (non-hydrogen) atoms. The monoisotopic (exact) mass is 352 g/mol. The number of piperazine rings is 1. The van der Waals surface area contributed by atoms with Gasteiger partial charge in [-0.15, -0.1) is 0 Å². The molecule has 0 spiro atoms. The van der Waals surface area contributed by atoms with Crippen LogP contribution in [0.25, 0.3) is 0 Å². The fourth-order valence-electron chi connectivity index (χ4n) is 4.13. The quantitative estimate of drug-likeness (QED) is 0.802. The first-order valence-corrected chi connectivity index (χ1v) is 9.80. The SMILES string of the molecule is CC(C)C[C@H](N)C(=O)N1CCN(CC(=O)N2CC(C)CC(C)C2)CC1. The van der Waals surface area contributed by atoms with Crippen molar-refractivity contribution in [3.05, 3.63) is 0 Å². The van der Waals surface area contributed by atoms with E-state index >= 15 is 0 Å². The molecule has 144 valence electrons. The van der Waals surface area contributed by atoms with Crippen molar-refractivity contribution in [1.29, 1.82) is 0 Å². The molecule has 2 heterocycles. The summed E-state index contributed by atoms with van der Waals surface area (Å²) in [6.07, 6.45) is 1.93. The third-order valence-corrected chi connectivity index (χ3v) is 5.31. The van der Waals surface area contributed by atoms with Gasteiger partial charge in [-0.1, -0.05) is 27.7 Å². The second kappa shape index (κ2) is 8.99. The Morgan fingerprint density at radius 2 is 1.56 bits per heavy atom. The average molecular weight is 353 g/mol. The number of hydrogen-bond donors (Lipinski definition) is 1. The molecule has 0 aromatic heterocycles. The van der Waals surface area contributed by atoms with Crippen LogP contribution < -0.4 is 5.73 Å². The van der Waals surface area contributed by atoms with E-state index in [-0.39, 0.29) is 11.8 Å². The Labute approximate surface area is 152 Å². The summed E-state index contributed by atoms with van der Waals surface area (Å²) in [5, 5.41) is 0. The lowest BCUT2D eigenvalue weighted by molar-refractivity contribution is -0.137. The van der Waals surface area contributed by atoms with E-state index in [0.717, 1.165) is 32.6 Å². The number of piperidine rings is 1. The predicted molar refractivity (Wildman–Crippen MR) is 100.0 cm³/mol. The van der Waals surface area contributed by atoms with Gasteiger partial charge >= 0.3 is 0 Å². The molecule has 0 radical (unpaired) electrons. The predicted octanol–water partition coefficient (Wildman–Crippen LogP) is 1.01. The smallest absolute Gasteiger partial charge is 0.239 e. The first-order valence-electron chi connectivity index (χ1n) is 9.80. The Bertz CT molecular complexity index is 450. The summed E-state index contributed by atoms with van der Waals surface area (Å²) in [7, 11) is 0. The number of carbonyl (C=O) groups is 2. The third kappa shape index (κ3) is 5.96. The molecule has 2 aliphatic rings. The molecule has 6 heteroatoms. The van der Waals surface area contributed by atoms with Crippen LogP contribution in [-0.4, -0.2) is 78.4 Å². The molecule has 6 nitrogen and oxygen atoms in total. The van der Waals surface area contributed by atoms with Crippen LogP contribution in [-0.2, 0) is 9.59 Å². The summed E-state index contributed by atoms with van der Waals surface area (Å²) in [5.74, 6) is 1.88. The van der Waals surface area contributed by atoms with Crippen LogP contribution in [0.3, 0.4) is 0 Å². The first kappa shape index (κ1) is 20.2. The van der Waals surface area contributed by atoms with Gasteiger partial charge in [-0.3, -0.25) is 14.5 Å². The molecular weight excluding hydrogens is 316 g/mol. The Hall–Kier alpha value is -1.14. The van der Waals surface area contributed by atoms with E-state index in [1.165, 1.54) is 6.42 Å². The number of amides is 2. The molecule has 2 unspecified atom stereocenters. The van der Waals surface area contributed by atoms with E-state index in [9.17, 15) is 9.59 Å². The van der Waals surface area contributed by atoms with Gasteiger partial charge in [0.1, 0.15) is 0 Å². The second-order valence-corrected chi connectivity index (χ2v) is 8.58. The molecule has 0 aromatic rings. The molecule has 2 fully saturated rings. The molecule has 2 saturated heterocycles. The molecule has 2 rings (SSSR count). The normalized spacial score (nSPS) is 26.8. The van der Waals surface area contributed by atoms with E-state index < -0.39 is 6.04 Å². The highest BCUT2D eigenvalue weighted by Gasteiger charge is 2.29. The van der Waals surface area contributed by atoms with Gasteiger partial charge in [-0.2, -0.15) is 0 Å². The van der Waals surface area contributed by atoms with E-state index in [4.69, 9.17) is 5.73 Å². The van der Waals surface area contributed by atoms with Crippen molar-refractivity contribution in [3.8, 4) is 0 Å². The summed E-state index contributed by atoms with van der Waals surface area (Å²) < 4.78 is 0. The highest BCUT2D eigenvalue weighted by atomic mass is 16.2. The van der Waals surface area contributed by atoms with Crippen molar-refractivity contribution >= 4 is 11.8 Å². The van der Waals surface area contributed by atoms with Gasteiger partial charge in [0.15, 0.2) is 0 Å². The molecule has 0 bridgehead atoms. The van der Waals surface area contributed by atoms with E-state index in [1.54, 1.807) is 0 Å². The second-order valence-electron chi connectivity index (χ2n) is 8.58. The molecule has 3 atom stereocenters. The number of rotatable bonds is 5. The van der Waals surface area contributed by atoms with Gasteiger partial charge in [0.2, 0.25) is 11.8 Å². The maximum absolute atomic E-state index is 12.6. The lowest BCUT2D eigenvalue weighted by atomic mass is 9.92. The minimum Gasteiger partial charge on any atom is -0.341 e. The van der Waals surface area contributed by atoms with Crippen LogP contribution in [0.1, 0.15) is 40.5 Å². The molecule has 2 amide bonds. The number of nitrogens with zero attached hydrogens (tertiary/aromatic N) is 3. The molecule has 0 saturated carbocycles. The van der Waals surface area contributed by atoms with Crippen LogP contribution >= 0.6 is 0 Å². The number of likely N-dealkylation sites (tertiary alicyclic amines) is 1. The van der Waals surface area contributed by atoms with Crippen molar-refractivity contribution in [2.45, 2.75) is 46.6 Å². The Balaban J connectivity index is 1.76. The summed E-state index contributed by atoms with van der Waals surface area (Å²) in [4.78, 5) is 31.0. The minimum absolute atomic E-state index is 0.0540. The Morgan fingerprint density at radius 3 is 2.08 bits per heavy atom. The standard InChI is InChI=1S/C19H36N4O2/c1-14(2)9-17(20)19(25)22-7-5-21(6-8-22)13-18(24)23-11-15(3)10-16(4)12-23/h14-17H,5-13,20H2,1-4H3/t15?,16?,17-/m0/s1. The van der Waals surface area contributed by atoms with Crippen molar-refractivity contribution < 1.29 is 9.59 Å². The summed E-state index contributed by atoms with van der Waals surface area (Å²) in [6.45, 7) is 13.7. The van der Waals surface area contributed by atoms with Crippen LogP contribution in [0.15, 0.2) is 0 Å². The Morgan fingerprint density at radius 1 is 1.00 bits per heavy atom.